The largest absolute Gasteiger partial charge is 0.497 e. The van der Waals surface area contributed by atoms with E-state index in [2.05, 4.69) is 15.6 Å². The third-order valence-electron chi connectivity index (χ3n) is 4.23. The van der Waals surface area contributed by atoms with Gasteiger partial charge in [0.15, 0.2) is 5.96 Å². The molecule has 1 aliphatic rings. The molecule has 0 spiro atoms. The van der Waals surface area contributed by atoms with Crippen molar-refractivity contribution in [3.63, 3.8) is 0 Å². The number of aliphatic imine (C=N–C) groups is 1. The van der Waals surface area contributed by atoms with Crippen LogP contribution in [0.5, 0.6) is 5.75 Å². The number of carbonyl (C=O) groups is 1. The summed E-state index contributed by atoms with van der Waals surface area (Å²) in [5.74, 6) is 1.90. The Labute approximate surface area is 173 Å². The molecule has 26 heavy (non-hydrogen) atoms. The lowest BCUT2D eigenvalue weighted by Crippen LogP contribution is -2.45. The smallest absolute Gasteiger partial charge is 0.225 e. The predicted octanol–water partition coefficient (Wildman–Crippen LogP) is 2.63. The van der Waals surface area contributed by atoms with Gasteiger partial charge in [0, 0.05) is 31.6 Å². The molecule has 1 amide bonds. The van der Waals surface area contributed by atoms with Crippen molar-refractivity contribution in [2.45, 2.75) is 39.8 Å². The summed E-state index contributed by atoms with van der Waals surface area (Å²) in [5, 5.41) is 6.73. The second-order valence-corrected chi connectivity index (χ2v) is 6.62. The van der Waals surface area contributed by atoms with E-state index in [9.17, 15) is 4.79 Å². The van der Waals surface area contributed by atoms with Crippen LogP contribution in [0, 0.1) is 5.92 Å². The SMILES string of the molecule is CCNC(=NCc1cccc(OC)c1)NC1CCN(C(=O)C(C)C)C1.I. The van der Waals surface area contributed by atoms with Gasteiger partial charge in [-0.25, -0.2) is 4.99 Å². The number of hydrogen-bond acceptors (Lipinski definition) is 3. The van der Waals surface area contributed by atoms with E-state index in [1.54, 1.807) is 7.11 Å². The zero-order valence-corrected chi connectivity index (χ0v) is 18.4. The number of rotatable bonds is 6. The molecule has 0 bridgehead atoms. The molecule has 1 fully saturated rings. The van der Waals surface area contributed by atoms with Gasteiger partial charge < -0.3 is 20.3 Å². The number of hydrogen-bond donors (Lipinski definition) is 2. The molecule has 2 N–H and O–H groups in total. The molecule has 0 radical (unpaired) electrons. The summed E-state index contributed by atoms with van der Waals surface area (Å²) in [4.78, 5) is 18.7. The van der Waals surface area contributed by atoms with Gasteiger partial charge >= 0.3 is 0 Å². The number of carbonyl (C=O) groups excluding carboxylic acids is 1. The topological polar surface area (TPSA) is 66.0 Å². The molecular formula is C19H31IN4O2. The van der Waals surface area contributed by atoms with Crippen LogP contribution < -0.4 is 15.4 Å². The summed E-state index contributed by atoms with van der Waals surface area (Å²) in [7, 11) is 1.66. The molecule has 1 heterocycles. The van der Waals surface area contributed by atoms with Crippen LogP contribution in [0.4, 0.5) is 0 Å². The van der Waals surface area contributed by atoms with Crippen LogP contribution >= 0.6 is 24.0 Å². The van der Waals surface area contributed by atoms with Crippen molar-refractivity contribution in [2.75, 3.05) is 26.7 Å². The zero-order valence-electron chi connectivity index (χ0n) is 16.1. The summed E-state index contributed by atoms with van der Waals surface area (Å²) >= 11 is 0. The van der Waals surface area contributed by atoms with Gasteiger partial charge in [-0.2, -0.15) is 0 Å². The van der Waals surface area contributed by atoms with Gasteiger partial charge in [0.25, 0.3) is 0 Å². The van der Waals surface area contributed by atoms with E-state index in [1.165, 1.54) is 0 Å². The maximum atomic E-state index is 12.1. The van der Waals surface area contributed by atoms with Crippen molar-refractivity contribution in [2.24, 2.45) is 10.9 Å². The third-order valence-corrected chi connectivity index (χ3v) is 4.23. The molecule has 1 saturated heterocycles. The highest BCUT2D eigenvalue weighted by Crippen LogP contribution is 2.14. The van der Waals surface area contributed by atoms with Crippen LogP contribution in [0.2, 0.25) is 0 Å². The molecule has 1 unspecified atom stereocenters. The minimum atomic E-state index is 0. The van der Waals surface area contributed by atoms with E-state index in [0.717, 1.165) is 43.3 Å². The molecule has 1 atom stereocenters. The van der Waals surface area contributed by atoms with Crippen LogP contribution in [-0.4, -0.2) is 49.6 Å². The van der Waals surface area contributed by atoms with E-state index in [-0.39, 0.29) is 41.8 Å². The number of guanidine groups is 1. The number of nitrogens with zero attached hydrogens (tertiary/aromatic N) is 2. The number of methoxy groups -OCH3 is 1. The molecular weight excluding hydrogens is 443 g/mol. The fourth-order valence-electron chi connectivity index (χ4n) is 2.90. The molecule has 1 aromatic carbocycles. The minimum Gasteiger partial charge on any atom is -0.497 e. The summed E-state index contributed by atoms with van der Waals surface area (Å²) < 4.78 is 5.25. The lowest BCUT2D eigenvalue weighted by molar-refractivity contribution is -0.133. The number of amides is 1. The zero-order chi connectivity index (χ0) is 18.2. The summed E-state index contributed by atoms with van der Waals surface area (Å²) in [6.07, 6.45) is 0.946. The Balaban J connectivity index is 0.00000338. The number of benzene rings is 1. The first-order chi connectivity index (χ1) is 12.0. The van der Waals surface area contributed by atoms with Crippen LogP contribution in [0.1, 0.15) is 32.8 Å². The van der Waals surface area contributed by atoms with Crippen molar-refractivity contribution in [3.8, 4) is 5.75 Å². The highest BCUT2D eigenvalue weighted by molar-refractivity contribution is 14.0. The van der Waals surface area contributed by atoms with Crippen molar-refractivity contribution >= 4 is 35.8 Å². The molecule has 0 saturated carbocycles. The van der Waals surface area contributed by atoms with Crippen LogP contribution in [0.15, 0.2) is 29.3 Å². The Morgan fingerprint density at radius 1 is 1.42 bits per heavy atom. The Hall–Kier alpha value is -1.51. The Morgan fingerprint density at radius 2 is 2.19 bits per heavy atom. The van der Waals surface area contributed by atoms with Gasteiger partial charge in [0.05, 0.1) is 13.7 Å². The summed E-state index contributed by atoms with van der Waals surface area (Å²) in [6.45, 7) is 8.86. The second-order valence-electron chi connectivity index (χ2n) is 6.62. The second kappa shape index (κ2) is 11.3. The number of ether oxygens (including phenoxy) is 1. The predicted molar refractivity (Wildman–Crippen MR) is 116 cm³/mol. The normalized spacial score (nSPS) is 17.0. The van der Waals surface area contributed by atoms with Gasteiger partial charge in [-0.3, -0.25) is 4.79 Å². The van der Waals surface area contributed by atoms with Crippen LogP contribution in [-0.2, 0) is 11.3 Å². The Bertz CT molecular complexity index is 607. The van der Waals surface area contributed by atoms with E-state index in [1.807, 2.05) is 49.9 Å². The molecule has 146 valence electrons. The fraction of sp³-hybridized carbons (Fsp3) is 0.579. The van der Waals surface area contributed by atoms with Crippen molar-refractivity contribution < 1.29 is 9.53 Å². The van der Waals surface area contributed by atoms with Crippen LogP contribution in [0.3, 0.4) is 0 Å². The molecule has 0 aliphatic carbocycles. The third kappa shape index (κ3) is 6.66. The highest BCUT2D eigenvalue weighted by atomic mass is 127. The monoisotopic (exact) mass is 474 g/mol. The summed E-state index contributed by atoms with van der Waals surface area (Å²) in [6, 6.07) is 8.16. The first kappa shape index (κ1) is 22.5. The first-order valence-electron chi connectivity index (χ1n) is 9.00. The van der Waals surface area contributed by atoms with Gasteiger partial charge in [-0.05, 0) is 31.0 Å². The van der Waals surface area contributed by atoms with Gasteiger partial charge in [0.1, 0.15) is 5.75 Å². The van der Waals surface area contributed by atoms with Crippen molar-refractivity contribution in [3.05, 3.63) is 29.8 Å². The average Bonchev–Trinajstić information content (AvgIpc) is 3.07. The maximum Gasteiger partial charge on any atom is 0.225 e. The Kier molecular flexibility index (Phi) is 9.75. The van der Waals surface area contributed by atoms with E-state index in [0.29, 0.717) is 6.54 Å². The van der Waals surface area contributed by atoms with Crippen molar-refractivity contribution in [1.29, 1.82) is 0 Å². The lowest BCUT2D eigenvalue weighted by atomic mass is 10.2. The van der Waals surface area contributed by atoms with Gasteiger partial charge in [-0.1, -0.05) is 26.0 Å². The summed E-state index contributed by atoms with van der Waals surface area (Å²) in [5.41, 5.74) is 1.10. The van der Waals surface area contributed by atoms with Crippen molar-refractivity contribution in [1.82, 2.24) is 15.5 Å². The standard InChI is InChI=1S/C19H30N4O2.HI/c1-5-20-19(21-12-15-7-6-8-17(11-15)25-4)22-16-9-10-23(13-16)18(24)14(2)3;/h6-8,11,14,16H,5,9-10,12-13H2,1-4H3,(H2,20,21,22);1H. The lowest BCUT2D eigenvalue weighted by Gasteiger charge is -2.20. The van der Waals surface area contributed by atoms with Gasteiger partial charge in [0.2, 0.25) is 5.91 Å². The van der Waals surface area contributed by atoms with Gasteiger partial charge in [-0.15, -0.1) is 24.0 Å². The molecule has 2 rings (SSSR count). The molecule has 6 nitrogen and oxygen atoms in total. The molecule has 1 aliphatic heterocycles. The highest BCUT2D eigenvalue weighted by Gasteiger charge is 2.27. The quantitative estimate of drug-likeness (QED) is 0.378. The number of likely N-dealkylation sites (tertiary alicyclic amines) is 1. The number of nitrogens with one attached hydrogen (secondary N) is 2. The van der Waals surface area contributed by atoms with Crippen LogP contribution in [0.25, 0.3) is 0 Å². The van der Waals surface area contributed by atoms with E-state index < -0.39 is 0 Å². The molecule has 1 aromatic rings. The maximum absolute atomic E-state index is 12.1. The molecule has 0 aromatic heterocycles. The molecule has 7 heteroatoms. The first-order valence-corrected chi connectivity index (χ1v) is 9.00. The fourth-order valence-corrected chi connectivity index (χ4v) is 2.90. The average molecular weight is 474 g/mol. The minimum absolute atomic E-state index is 0. The number of halogens is 1. The van der Waals surface area contributed by atoms with E-state index >= 15 is 0 Å². The van der Waals surface area contributed by atoms with E-state index in [4.69, 9.17) is 4.74 Å². The Morgan fingerprint density at radius 3 is 2.85 bits per heavy atom.